The van der Waals surface area contributed by atoms with E-state index in [1.807, 2.05) is 42.5 Å². The van der Waals surface area contributed by atoms with Crippen LogP contribution in [0.1, 0.15) is 61.1 Å². The normalized spacial score (nSPS) is 11.0. The number of benzene rings is 2. The minimum Gasteiger partial charge on any atom is -0.492 e. The van der Waals surface area contributed by atoms with Crippen LogP contribution in [0.25, 0.3) is 0 Å². The van der Waals surface area contributed by atoms with Crippen molar-refractivity contribution >= 4 is 11.6 Å². The molecule has 0 atom stereocenters. The number of nitrogens with zero attached hydrogens (tertiary/aromatic N) is 2. The lowest BCUT2D eigenvalue weighted by molar-refractivity contribution is 0.101. The van der Waals surface area contributed by atoms with Gasteiger partial charge in [0.15, 0.2) is 0 Å². The number of carbonyl (C=O) groups excluding carboxylic acids is 1. The Hall–Kier alpha value is -3.41. The first-order chi connectivity index (χ1) is 14.8. The Morgan fingerprint density at radius 2 is 1.74 bits per heavy atom. The summed E-state index contributed by atoms with van der Waals surface area (Å²) in [7, 11) is 0. The van der Waals surface area contributed by atoms with Gasteiger partial charge in [0.25, 0.3) is 11.5 Å². The van der Waals surface area contributed by atoms with Gasteiger partial charge in [0.1, 0.15) is 18.1 Å². The molecule has 1 N–H and O–H groups in total. The molecule has 162 valence electrons. The maximum absolute atomic E-state index is 12.8. The van der Waals surface area contributed by atoms with E-state index in [9.17, 15) is 9.59 Å². The van der Waals surface area contributed by atoms with Crippen molar-refractivity contribution in [2.75, 3.05) is 11.9 Å². The minimum absolute atomic E-state index is 0.182. The third kappa shape index (κ3) is 5.81. The monoisotopic (exact) mass is 419 g/mol. The smallest absolute Gasteiger partial charge is 0.276 e. The van der Waals surface area contributed by atoms with E-state index in [4.69, 9.17) is 4.74 Å². The number of para-hydroxylation sites is 1. The van der Waals surface area contributed by atoms with Crippen LogP contribution in [0.15, 0.2) is 65.5 Å². The molecule has 2 aromatic carbocycles. The quantitative estimate of drug-likeness (QED) is 0.568. The van der Waals surface area contributed by atoms with E-state index in [0.717, 1.165) is 17.0 Å². The SMILES string of the molecule is CC(C)c1ccc(NC(=O)c2ccc(=O)n(CCOc3ccccc3)n2)c(C(C)C)c1. The van der Waals surface area contributed by atoms with E-state index < -0.39 is 0 Å². The molecule has 0 saturated carbocycles. The van der Waals surface area contributed by atoms with Gasteiger partial charge in [-0.2, -0.15) is 5.10 Å². The number of anilines is 1. The lowest BCUT2D eigenvalue weighted by Crippen LogP contribution is -2.28. The summed E-state index contributed by atoms with van der Waals surface area (Å²) < 4.78 is 6.89. The van der Waals surface area contributed by atoms with Gasteiger partial charge in [-0.05, 0) is 47.2 Å². The molecule has 1 aromatic heterocycles. The number of hydrogen-bond donors (Lipinski definition) is 1. The van der Waals surface area contributed by atoms with E-state index in [0.29, 0.717) is 5.92 Å². The highest BCUT2D eigenvalue weighted by atomic mass is 16.5. The second-order valence-electron chi connectivity index (χ2n) is 8.05. The van der Waals surface area contributed by atoms with Crippen LogP contribution in [-0.2, 0) is 6.54 Å². The fourth-order valence-corrected chi connectivity index (χ4v) is 3.22. The first-order valence-corrected chi connectivity index (χ1v) is 10.6. The summed E-state index contributed by atoms with van der Waals surface area (Å²) in [5.41, 5.74) is 2.96. The van der Waals surface area contributed by atoms with Crippen molar-refractivity contribution in [2.24, 2.45) is 0 Å². The number of hydrogen-bond acceptors (Lipinski definition) is 4. The van der Waals surface area contributed by atoms with Crippen LogP contribution in [0, 0.1) is 0 Å². The summed E-state index contributed by atoms with van der Waals surface area (Å²) in [6, 6.07) is 18.3. The summed E-state index contributed by atoms with van der Waals surface area (Å²) in [6.07, 6.45) is 0. The maximum atomic E-state index is 12.8. The predicted octanol–water partition coefficient (Wildman–Crippen LogP) is 4.82. The largest absolute Gasteiger partial charge is 0.492 e. The number of rotatable bonds is 8. The highest BCUT2D eigenvalue weighted by Crippen LogP contribution is 2.28. The molecule has 3 aromatic rings. The van der Waals surface area contributed by atoms with Crippen molar-refractivity contribution in [2.45, 2.75) is 46.1 Å². The van der Waals surface area contributed by atoms with Gasteiger partial charge in [-0.25, -0.2) is 4.68 Å². The Kier molecular flexibility index (Phi) is 7.23. The Bertz CT molecular complexity index is 1090. The van der Waals surface area contributed by atoms with Crippen LogP contribution in [-0.4, -0.2) is 22.3 Å². The highest BCUT2D eigenvalue weighted by molar-refractivity contribution is 6.03. The molecule has 0 bridgehead atoms. The summed E-state index contributed by atoms with van der Waals surface area (Å²) in [4.78, 5) is 25.0. The minimum atomic E-state index is -0.350. The molecular formula is C25H29N3O3. The summed E-state index contributed by atoms with van der Waals surface area (Å²) in [5, 5.41) is 7.19. The van der Waals surface area contributed by atoms with Crippen molar-refractivity contribution in [3.8, 4) is 5.75 Å². The molecule has 0 radical (unpaired) electrons. The van der Waals surface area contributed by atoms with Crippen LogP contribution in [0.3, 0.4) is 0 Å². The van der Waals surface area contributed by atoms with Crippen LogP contribution in [0.4, 0.5) is 5.69 Å². The Morgan fingerprint density at radius 3 is 2.42 bits per heavy atom. The lowest BCUT2D eigenvalue weighted by atomic mass is 9.94. The summed E-state index contributed by atoms with van der Waals surface area (Å²) in [6.45, 7) is 9.00. The van der Waals surface area contributed by atoms with Gasteiger partial charge in [0, 0.05) is 11.8 Å². The van der Waals surface area contributed by atoms with E-state index in [-0.39, 0.29) is 36.2 Å². The Morgan fingerprint density at radius 1 is 1.00 bits per heavy atom. The molecule has 1 heterocycles. The molecule has 0 aliphatic carbocycles. The van der Waals surface area contributed by atoms with Gasteiger partial charge in [0.05, 0.1) is 6.54 Å². The molecule has 0 fully saturated rings. The predicted molar refractivity (Wildman–Crippen MR) is 123 cm³/mol. The fourth-order valence-electron chi connectivity index (χ4n) is 3.22. The molecule has 6 nitrogen and oxygen atoms in total. The van der Waals surface area contributed by atoms with Crippen molar-refractivity contribution in [1.82, 2.24) is 9.78 Å². The number of carbonyl (C=O) groups is 1. The van der Waals surface area contributed by atoms with Crippen LogP contribution in [0.2, 0.25) is 0 Å². The Balaban J connectivity index is 1.73. The molecule has 0 saturated heterocycles. The molecule has 0 aliphatic heterocycles. The molecule has 0 unspecified atom stereocenters. The van der Waals surface area contributed by atoms with E-state index in [1.54, 1.807) is 0 Å². The first kappa shape index (κ1) is 22.3. The number of amides is 1. The molecule has 0 aliphatic rings. The van der Waals surface area contributed by atoms with Crippen LogP contribution < -0.4 is 15.6 Å². The van der Waals surface area contributed by atoms with Gasteiger partial charge in [-0.15, -0.1) is 0 Å². The topological polar surface area (TPSA) is 73.2 Å². The van der Waals surface area contributed by atoms with Crippen LogP contribution >= 0.6 is 0 Å². The fraction of sp³-hybridized carbons (Fsp3) is 0.320. The van der Waals surface area contributed by atoms with E-state index >= 15 is 0 Å². The zero-order valence-corrected chi connectivity index (χ0v) is 18.5. The van der Waals surface area contributed by atoms with E-state index in [1.165, 1.54) is 22.4 Å². The molecular weight excluding hydrogens is 390 g/mol. The molecule has 1 amide bonds. The van der Waals surface area contributed by atoms with Crippen molar-refractivity contribution in [3.63, 3.8) is 0 Å². The molecule has 3 rings (SSSR count). The molecule has 31 heavy (non-hydrogen) atoms. The van der Waals surface area contributed by atoms with E-state index in [2.05, 4.69) is 44.2 Å². The number of nitrogens with one attached hydrogen (secondary N) is 1. The average molecular weight is 420 g/mol. The molecule has 6 heteroatoms. The standard InChI is InChI=1S/C25H29N3O3/c1-17(2)19-10-11-22(21(16-19)18(3)4)26-25(30)23-12-13-24(29)28(27-23)14-15-31-20-8-6-5-7-9-20/h5-13,16-18H,14-15H2,1-4H3,(H,26,30). The van der Waals surface area contributed by atoms with Crippen molar-refractivity contribution in [3.05, 3.63) is 87.8 Å². The number of ether oxygens (including phenoxy) is 1. The van der Waals surface area contributed by atoms with Crippen molar-refractivity contribution < 1.29 is 9.53 Å². The van der Waals surface area contributed by atoms with Crippen molar-refractivity contribution in [1.29, 1.82) is 0 Å². The van der Waals surface area contributed by atoms with Gasteiger partial charge in [-0.3, -0.25) is 9.59 Å². The number of aromatic nitrogens is 2. The average Bonchev–Trinajstić information content (AvgIpc) is 2.75. The second kappa shape index (κ2) is 10.1. The lowest BCUT2D eigenvalue weighted by Gasteiger charge is -2.17. The third-order valence-corrected chi connectivity index (χ3v) is 5.03. The maximum Gasteiger partial charge on any atom is 0.276 e. The highest BCUT2D eigenvalue weighted by Gasteiger charge is 2.15. The zero-order valence-electron chi connectivity index (χ0n) is 18.5. The zero-order chi connectivity index (χ0) is 22.4. The first-order valence-electron chi connectivity index (χ1n) is 10.6. The summed E-state index contributed by atoms with van der Waals surface area (Å²) >= 11 is 0. The second-order valence-corrected chi connectivity index (χ2v) is 8.05. The third-order valence-electron chi connectivity index (χ3n) is 5.03. The van der Waals surface area contributed by atoms with Gasteiger partial charge in [0.2, 0.25) is 0 Å². The van der Waals surface area contributed by atoms with Gasteiger partial charge in [-0.1, -0.05) is 58.0 Å². The summed E-state index contributed by atoms with van der Waals surface area (Å²) in [5.74, 6) is 1.03. The van der Waals surface area contributed by atoms with Crippen LogP contribution in [0.5, 0.6) is 5.75 Å². The Labute approximate surface area is 182 Å². The van der Waals surface area contributed by atoms with Gasteiger partial charge < -0.3 is 10.1 Å². The van der Waals surface area contributed by atoms with Gasteiger partial charge >= 0.3 is 0 Å². The molecule has 0 spiro atoms.